The molecule has 1 fully saturated rings. The van der Waals surface area contributed by atoms with Crippen molar-refractivity contribution in [2.24, 2.45) is 5.92 Å². The molecule has 0 unspecified atom stereocenters. The molecule has 1 N–H and O–H groups in total. The highest BCUT2D eigenvalue weighted by Crippen LogP contribution is 2.21. The molecule has 0 aliphatic carbocycles. The van der Waals surface area contributed by atoms with Gasteiger partial charge in [-0.3, -0.25) is 4.79 Å². The molecule has 0 spiro atoms. The van der Waals surface area contributed by atoms with Crippen LogP contribution in [0.2, 0.25) is 0 Å². The molecule has 1 aliphatic rings. The number of carboxylic acid groups (broad SMARTS) is 1. The second-order valence-corrected chi connectivity index (χ2v) is 4.26. The Morgan fingerprint density at radius 1 is 1.39 bits per heavy atom. The number of aliphatic carboxylic acids is 1. The van der Waals surface area contributed by atoms with Crippen LogP contribution in [0.3, 0.4) is 0 Å². The fraction of sp³-hybridized carbons (Fsp3) is 0.800. The zero-order valence-corrected chi connectivity index (χ0v) is 9.90. The largest absolute Gasteiger partial charge is 0.481 e. The summed E-state index contributed by atoms with van der Waals surface area (Å²) >= 11 is 0. The molecule has 18 heavy (non-hydrogen) atoms. The average Bonchev–Trinajstić information content (AvgIpc) is 2.11. The third kappa shape index (κ3) is 3.78. The maximum absolute atomic E-state index is 12.3. The Labute approximate surface area is 102 Å². The molecule has 0 aromatic heterocycles. The van der Waals surface area contributed by atoms with Crippen molar-refractivity contribution in [3.05, 3.63) is 0 Å². The van der Waals surface area contributed by atoms with Gasteiger partial charge in [0.2, 0.25) is 0 Å². The van der Waals surface area contributed by atoms with Crippen molar-refractivity contribution in [1.29, 1.82) is 0 Å². The topological polar surface area (TPSA) is 60.9 Å². The van der Waals surface area contributed by atoms with E-state index >= 15 is 0 Å². The van der Waals surface area contributed by atoms with Gasteiger partial charge in [-0.15, -0.1) is 0 Å². The van der Waals surface area contributed by atoms with Gasteiger partial charge in [-0.2, -0.15) is 13.2 Å². The van der Waals surface area contributed by atoms with Gasteiger partial charge in [0, 0.05) is 19.6 Å². The van der Waals surface area contributed by atoms with Crippen LogP contribution in [0.25, 0.3) is 0 Å². The normalized spacial score (nSPS) is 16.3. The van der Waals surface area contributed by atoms with E-state index in [1.54, 1.807) is 6.92 Å². The summed E-state index contributed by atoms with van der Waals surface area (Å²) in [6.45, 7) is 0.339. The van der Waals surface area contributed by atoms with Crippen LogP contribution < -0.4 is 0 Å². The molecule has 1 heterocycles. The number of hydrogen-bond donors (Lipinski definition) is 1. The number of rotatable bonds is 4. The van der Waals surface area contributed by atoms with Crippen LogP contribution in [0.1, 0.15) is 13.3 Å². The van der Waals surface area contributed by atoms with E-state index in [0.717, 1.165) is 4.90 Å². The summed E-state index contributed by atoms with van der Waals surface area (Å²) < 4.78 is 36.8. The Morgan fingerprint density at radius 3 is 2.33 bits per heavy atom. The molecule has 1 saturated heterocycles. The quantitative estimate of drug-likeness (QED) is 0.838. The summed E-state index contributed by atoms with van der Waals surface area (Å²) in [6.07, 6.45) is -4.03. The summed E-state index contributed by atoms with van der Waals surface area (Å²) in [5, 5.41) is 8.63. The molecule has 0 bridgehead atoms. The summed E-state index contributed by atoms with van der Waals surface area (Å²) in [4.78, 5) is 24.1. The van der Waals surface area contributed by atoms with E-state index in [9.17, 15) is 22.8 Å². The number of halogens is 3. The fourth-order valence-electron chi connectivity index (χ4n) is 1.72. The third-order valence-corrected chi connectivity index (χ3v) is 2.64. The Hall–Kier alpha value is -1.47. The SMILES string of the molecule is CCCN(CC(F)(F)F)C(=O)N1CC(C(=O)O)C1. The monoisotopic (exact) mass is 268 g/mol. The molecule has 0 aromatic rings. The van der Waals surface area contributed by atoms with Gasteiger partial charge in [-0.25, -0.2) is 4.79 Å². The zero-order chi connectivity index (χ0) is 13.9. The summed E-state index contributed by atoms with van der Waals surface area (Å²) in [5.41, 5.74) is 0. The number of urea groups is 1. The van der Waals surface area contributed by atoms with Gasteiger partial charge in [0.25, 0.3) is 0 Å². The Kier molecular flexibility index (Phi) is 4.42. The minimum Gasteiger partial charge on any atom is -0.481 e. The molecule has 0 radical (unpaired) electrons. The number of alkyl halides is 3. The molecular weight excluding hydrogens is 253 g/mol. The smallest absolute Gasteiger partial charge is 0.406 e. The Morgan fingerprint density at radius 2 is 1.94 bits per heavy atom. The first kappa shape index (κ1) is 14.6. The summed E-state index contributed by atoms with van der Waals surface area (Å²) in [7, 11) is 0. The molecule has 0 saturated carbocycles. The molecule has 0 aromatic carbocycles. The number of likely N-dealkylation sites (tertiary alicyclic amines) is 1. The lowest BCUT2D eigenvalue weighted by Gasteiger charge is -2.40. The third-order valence-electron chi connectivity index (χ3n) is 2.64. The second-order valence-electron chi connectivity index (χ2n) is 4.26. The maximum atomic E-state index is 12.3. The predicted octanol–water partition coefficient (Wildman–Crippen LogP) is 1.40. The van der Waals surface area contributed by atoms with Crippen LogP contribution in [0.15, 0.2) is 0 Å². The Bertz CT molecular complexity index is 327. The lowest BCUT2D eigenvalue weighted by atomic mass is 10.0. The van der Waals surface area contributed by atoms with Gasteiger partial charge in [0.05, 0.1) is 5.92 Å². The van der Waals surface area contributed by atoms with E-state index in [-0.39, 0.29) is 19.6 Å². The fourth-order valence-corrected chi connectivity index (χ4v) is 1.72. The van der Waals surface area contributed by atoms with Crippen molar-refractivity contribution in [2.45, 2.75) is 19.5 Å². The van der Waals surface area contributed by atoms with Gasteiger partial charge in [0.15, 0.2) is 0 Å². The number of amides is 2. The molecule has 8 heteroatoms. The minimum atomic E-state index is -4.44. The number of carboxylic acids is 1. The van der Waals surface area contributed by atoms with Crippen LogP contribution in [0.5, 0.6) is 0 Å². The van der Waals surface area contributed by atoms with Gasteiger partial charge >= 0.3 is 18.2 Å². The van der Waals surface area contributed by atoms with E-state index in [0.29, 0.717) is 11.3 Å². The molecule has 1 rings (SSSR count). The van der Waals surface area contributed by atoms with Gasteiger partial charge in [0.1, 0.15) is 6.54 Å². The van der Waals surface area contributed by atoms with Crippen molar-refractivity contribution >= 4 is 12.0 Å². The van der Waals surface area contributed by atoms with E-state index < -0.39 is 30.6 Å². The highest BCUT2D eigenvalue weighted by atomic mass is 19.4. The average molecular weight is 268 g/mol. The first-order valence-corrected chi connectivity index (χ1v) is 5.58. The first-order valence-electron chi connectivity index (χ1n) is 5.58. The first-order chi connectivity index (χ1) is 8.24. The van der Waals surface area contributed by atoms with E-state index in [1.165, 1.54) is 0 Å². The molecule has 1 aliphatic heterocycles. The predicted molar refractivity (Wildman–Crippen MR) is 56.0 cm³/mol. The van der Waals surface area contributed by atoms with Gasteiger partial charge in [-0.1, -0.05) is 6.92 Å². The van der Waals surface area contributed by atoms with E-state index in [2.05, 4.69) is 0 Å². The van der Waals surface area contributed by atoms with Crippen LogP contribution in [0.4, 0.5) is 18.0 Å². The van der Waals surface area contributed by atoms with Crippen molar-refractivity contribution in [1.82, 2.24) is 9.80 Å². The van der Waals surface area contributed by atoms with Crippen LogP contribution >= 0.6 is 0 Å². The van der Waals surface area contributed by atoms with Crippen LogP contribution in [-0.4, -0.2) is 59.3 Å². The number of carbonyl (C=O) groups excluding carboxylic acids is 1. The number of carbonyl (C=O) groups is 2. The standard InChI is InChI=1S/C10H15F3N2O3/c1-2-3-14(6-10(11,12)13)9(18)15-4-7(5-15)8(16)17/h7H,2-6H2,1H3,(H,16,17). The number of hydrogen-bond acceptors (Lipinski definition) is 2. The van der Waals surface area contributed by atoms with Crippen molar-refractivity contribution in [3.63, 3.8) is 0 Å². The van der Waals surface area contributed by atoms with Crippen LogP contribution in [0, 0.1) is 5.92 Å². The van der Waals surface area contributed by atoms with Gasteiger partial charge in [-0.05, 0) is 6.42 Å². The van der Waals surface area contributed by atoms with Crippen molar-refractivity contribution in [2.75, 3.05) is 26.2 Å². The summed E-state index contributed by atoms with van der Waals surface area (Å²) in [5.74, 6) is -1.69. The minimum absolute atomic E-state index is 0.00653. The van der Waals surface area contributed by atoms with Gasteiger partial charge < -0.3 is 14.9 Å². The molecule has 5 nitrogen and oxygen atoms in total. The lowest BCUT2D eigenvalue weighted by Crippen LogP contribution is -2.58. The molecule has 104 valence electrons. The molecule has 0 atom stereocenters. The van der Waals surface area contributed by atoms with E-state index in [4.69, 9.17) is 5.11 Å². The maximum Gasteiger partial charge on any atom is 0.406 e. The molecule has 2 amide bonds. The highest BCUT2D eigenvalue weighted by Gasteiger charge is 2.40. The Balaban J connectivity index is 2.54. The second kappa shape index (κ2) is 5.45. The highest BCUT2D eigenvalue weighted by molar-refractivity contribution is 5.79. The van der Waals surface area contributed by atoms with Crippen LogP contribution in [-0.2, 0) is 4.79 Å². The lowest BCUT2D eigenvalue weighted by molar-refractivity contribution is -0.149. The molecular formula is C10H15F3N2O3. The van der Waals surface area contributed by atoms with Crippen molar-refractivity contribution in [3.8, 4) is 0 Å². The number of nitrogens with zero attached hydrogens (tertiary/aromatic N) is 2. The summed E-state index contributed by atoms with van der Waals surface area (Å²) in [6, 6.07) is -0.744. The van der Waals surface area contributed by atoms with E-state index in [1.807, 2.05) is 0 Å². The zero-order valence-electron chi connectivity index (χ0n) is 9.90. The van der Waals surface area contributed by atoms with Crippen molar-refractivity contribution < 1.29 is 27.9 Å².